The molecule has 9 heteroatoms. The second-order valence-corrected chi connectivity index (χ2v) is 10.8. The number of aromatic nitrogens is 2. The number of hydrogen-bond donors (Lipinski definition) is 2. The number of hydrogen-bond acceptors (Lipinski definition) is 5. The third kappa shape index (κ3) is 7.54. The van der Waals surface area contributed by atoms with Crippen molar-refractivity contribution in [3.63, 3.8) is 0 Å². The standard InChI is InChI=1S/C30H37N5O4/c1-30(2,3)29(38)33-25(21-39-20-22-12-6-4-7-13-22)27(36)32-24-18-31-35(19-24)26(23-14-8-5-9-15-23)28(37)34-16-10-11-17-34/h4-9,12-15,18-19,25-26H,10-11,16-17,20-21H2,1-3H3,(H,32,36)(H,33,38)/t25-,26?/m1/s1. The molecule has 0 radical (unpaired) electrons. The lowest BCUT2D eigenvalue weighted by Gasteiger charge is -2.24. The molecule has 1 unspecified atom stereocenters. The molecule has 0 aliphatic carbocycles. The molecule has 39 heavy (non-hydrogen) atoms. The van der Waals surface area contributed by atoms with Crippen LogP contribution in [0.15, 0.2) is 73.1 Å². The Morgan fingerprint density at radius 3 is 2.26 bits per heavy atom. The average Bonchev–Trinajstić information content (AvgIpc) is 3.62. The average molecular weight is 532 g/mol. The summed E-state index contributed by atoms with van der Waals surface area (Å²) in [5, 5.41) is 10.1. The van der Waals surface area contributed by atoms with Crippen LogP contribution in [0.2, 0.25) is 0 Å². The molecule has 1 aromatic heterocycles. The smallest absolute Gasteiger partial charge is 0.252 e. The Hall–Kier alpha value is -3.98. The first-order valence-electron chi connectivity index (χ1n) is 13.3. The van der Waals surface area contributed by atoms with Crippen molar-refractivity contribution in [3.05, 3.63) is 84.2 Å². The molecule has 1 saturated heterocycles. The lowest BCUT2D eigenvalue weighted by atomic mass is 9.95. The summed E-state index contributed by atoms with van der Waals surface area (Å²) in [6.07, 6.45) is 5.14. The van der Waals surface area contributed by atoms with E-state index in [9.17, 15) is 14.4 Å². The zero-order valence-electron chi connectivity index (χ0n) is 22.8. The van der Waals surface area contributed by atoms with E-state index in [0.717, 1.165) is 37.1 Å². The molecule has 0 saturated carbocycles. The lowest BCUT2D eigenvalue weighted by Crippen LogP contribution is -2.50. The second-order valence-electron chi connectivity index (χ2n) is 10.8. The van der Waals surface area contributed by atoms with Crippen molar-refractivity contribution >= 4 is 23.4 Å². The van der Waals surface area contributed by atoms with Gasteiger partial charge in [0.25, 0.3) is 5.91 Å². The Kier molecular flexibility index (Phi) is 9.14. The predicted molar refractivity (Wildman–Crippen MR) is 149 cm³/mol. The summed E-state index contributed by atoms with van der Waals surface area (Å²) in [5.74, 6) is -0.714. The van der Waals surface area contributed by atoms with Gasteiger partial charge in [-0.2, -0.15) is 5.10 Å². The second kappa shape index (κ2) is 12.7. The van der Waals surface area contributed by atoms with Gasteiger partial charge >= 0.3 is 0 Å². The van der Waals surface area contributed by atoms with Gasteiger partial charge in [-0.15, -0.1) is 0 Å². The molecule has 1 aliphatic heterocycles. The van der Waals surface area contributed by atoms with Gasteiger partial charge in [0.15, 0.2) is 6.04 Å². The maximum absolute atomic E-state index is 13.5. The molecule has 1 aliphatic rings. The van der Waals surface area contributed by atoms with Crippen LogP contribution in [-0.2, 0) is 25.7 Å². The van der Waals surface area contributed by atoms with E-state index in [1.165, 1.54) is 6.20 Å². The van der Waals surface area contributed by atoms with Gasteiger partial charge < -0.3 is 20.3 Å². The van der Waals surface area contributed by atoms with Crippen LogP contribution in [-0.4, -0.2) is 58.1 Å². The fourth-order valence-corrected chi connectivity index (χ4v) is 4.35. The highest BCUT2D eigenvalue weighted by Gasteiger charge is 2.31. The minimum Gasteiger partial charge on any atom is -0.374 e. The Morgan fingerprint density at radius 2 is 1.62 bits per heavy atom. The summed E-state index contributed by atoms with van der Waals surface area (Å²) in [4.78, 5) is 41.3. The number of nitrogens with zero attached hydrogens (tertiary/aromatic N) is 3. The molecular formula is C30H37N5O4. The number of rotatable bonds is 10. The van der Waals surface area contributed by atoms with Gasteiger partial charge in [-0.3, -0.25) is 19.1 Å². The molecule has 9 nitrogen and oxygen atoms in total. The molecule has 3 amide bonds. The number of benzene rings is 2. The summed E-state index contributed by atoms with van der Waals surface area (Å²) in [7, 11) is 0. The van der Waals surface area contributed by atoms with Gasteiger partial charge in [0.05, 0.1) is 25.1 Å². The number of ether oxygens (including phenoxy) is 1. The Labute approximate surface area is 229 Å². The minimum atomic E-state index is -0.917. The van der Waals surface area contributed by atoms with Crippen LogP contribution in [0.3, 0.4) is 0 Å². The summed E-state index contributed by atoms with van der Waals surface area (Å²) < 4.78 is 7.38. The normalized spacial score (nSPS) is 15.0. The van der Waals surface area contributed by atoms with E-state index < -0.39 is 23.4 Å². The van der Waals surface area contributed by atoms with E-state index in [4.69, 9.17) is 4.74 Å². The van der Waals surface area contributed by atoms with Crippen molar-refractivity contribution in [1.29, 1.82) is 0 Å². The Balaban J connectivity index is 1.48. The number of amides is 3. The van der Waals surface area contributed by atoms with Gasteiger partial charge in [0, 0.05) is 24.7 Å². The van der Waals surface area contributed by atoms with Gasteiger partial charge in [-0.25, -0.2) is 0 Å². The third-order valence-corrected chi connectivity index (χ3v) is 6.60. The number of nitrogens with one attached hydrogen (secondary N) is 2. The van der Waals surface area contributed by atoms with E-state index in [-0.39, 0.29) is 18.4 Å². The SMILES string of the molecule is CC(C)(C)C(=O)N[C@H](COCc1ccccc1)C(=O)Nc1cnn(C(C(=O)N2CCCC2)c2ccccc2)c1. The summed E-state index contributed by atoms with van der Waals surface area (Å²) in [6.45, 7) is 7.12. The highest BCUT2D eigenvalue weighted by Crippen LogP contribution is 2.24. The van der Waals surface area contributed by atoms with Crippen LogP contribution in [0.5, 0.6) is 0 Å². The number of likely N-dealkylation sites (tertiary alicyclic amines) is 1. The Bertz CT molecular complexity index is 1250. The van der Waals surface area contributed by atoms with Crippen LogP contribution in [0.25, 0.3) is 0 Å². The molecular weight excluding hydrogens is 494 g/mol. The first kappa shape index (κ1) is 28.0. The van der Waals surface area contributed by atoms with Crippen molar-refractivity contribution in [2.45, 2.75) is 52.3 Å². The van der Waals surface area contributed by atoms with Gasteiger partial charge in [0.2, 0.25) is 11.8 Å². The summed E-state index contributed by atoms with van der Waals surface area (Å²) in [5.41, 5.74) is 1.53. The van der Waals surface area contributed by atoms with Crippen molar-refractivity contribution in [1.82, 2.24) is 20.0 Å². The van der Waals surface area contributed by atoms with Crippen LogP contribution in [0.4, 0.5) is 5.69 Å². The molecule has 2 atom stereocenters. The number of anilines is 1. The number of carbonyl (C=O) groups excluding carboxylic acids is 3. The molecule has 206 valence electrons. The lowest BCUT2D eigenvalue weighted by molar-refractivity contribution is -0.133. The van der Waals surface area contributed by atoms with Gasteiger partial charge in [0.1, 0.15) is 6.04 Å². The molecule has 0 spiro atoms. The van der Waals surface area contributed by atoms with Crippen molar-refractivity contribution in [2.75, 3.05) is 25.0 Å². The summed E-state index contributed by atoms with van der Waals surface area (Å²) in [6, 6.07) is 17.6. The predicted octanol–water partition coefficient (Wildman–Crippen LogP) is 3.78. The van der Waals surface area contributed by atoms with Crippen molar-refractivity contribution in [3.8, 4) is 0 Å². The molecule has 2 N–H and O–H groups in total. The molecule has 3 aromatic rings. The van der Waals surface area contributed by atoms with Crippen LogP contribution >= 0.6 is 0 Å². The molecule has 1 fully saturated rings. The highest BCUT2D eigenvalue weighted by molar-refractivity contribution is 5.97. The van der Waals surface area contributed by atoms with Crippen LogP contribution in [0, 0.1) is 5.41 Å². The van der Waals surface area contributed by atoms with Crippen molar-refractivity contribution in [2.24, 2.45) is 5.41 Å². The maximum atomic E-state index is 13.5. The van der Waals surface area contributed by atoms with Crippen LogP contribution < -0.4 is 10.6 Å². The zero-order chi connectivity index (χ0) is 27.8. The quantitative estimate of drug-likeness (QED) is 0.414. The molecule has 0 bridgehead atoms. The largest absolute Gasteiger partial charge is 0.374 e. The fraction of sp³-hybridized carbons (Fsp3) is 0.400. The monoisotopic (exact) mass is 531 g/mol. The first-order valence-corrected chi connectivity index (χ1v) is 13.3. The number of carbonyl (C=O) groups is 3. The zero-order valence-corrected chi connectivity index (χ0v) is 22.8. The summed E-state index contributed by atoms with van der Waals surface area (Å²) >= 11 is 0. The third-order valence-electron chi connectivity index (χ3n) is 6.60. The van der Waals surface area contributed by atoms with E-state index in [2.05, 4.69) is 15.7 Å². The Morgan fingerprint density at radius 1 is 0.974 bits per heavy atom. The van der Waals surface area contributed by atoms with Gasteiger partial charge in [-0.1, -0.05) is 81.4 Å². The first-order chi connectivity index (χ1) is 18.7. The topological polar surface area (TPSA) is 106 Å². The molecule has 2 heterocycles. The molecule has 4 rings (SSSR count). The van der Waals surface area contributed by atoms with E-state index in [1.54, 1.807) is 31.6 Å². The van der Waals surface area contributed by atoms with Crippen LogP contribution in [0.1, 0.15) is 50.8 Å². The maximum Gasteiger partial charge on any atom is 0.252 e. The van der Waals surface area contributed by atoms with E-state index >= 15 is 0 Å². The van der Waals surface area contributed by atoms with E-state index in [0.29, 0.717) is 12.3 Å². The van der Waals surface area contributed by atoms with Crippen molar-refractivity contribution < 1.29 is 19.1 Å². The van der Waals surface area contributed by atoms with Gasteiger partial charge in [-0.05, 0) is 24.0 Å². The molecule has 2 aromatic carbocycles. The highest BCUT2D eigenvalue weighted by atomic mass is 16.5. The van der Waals surface area contributed by atoms with E-state index in [1.807, 2.05) is 65.6 Å². The fourth-order valence-electron chi connectivity index (χ4n) is 4.35. The minimum absolute atomic E-state index is 0.00320.